The fourth-order valence-corrected chi connectivity index (χ4v) is 0.691. The minimum absolute atomic E-state index is 0.0417. The zero-order chi connectivity index (χ0) is 8.85. The lowest BCUT2D eigenvalue weighted by molar-refractivity contribution is -0.168. The standard InChI is InChI=1S/C7H14ClNO2/c1-6(8)4-5-7(10)9(2)11-3/h6H,4-5H2,1-3H3. The van der Waals surface area contributed by atoms with E-state index in [1.807, 2.05) is 6.92 Å². The number of hydrogen-bond donors (Lipinski definition) is 0. The Morgan fingerprint density at radius 2 is 2.27 bits per heavy atom. The summed E-state index contributed by atoms with van der Waals surface area (Å²) in [4.78, 5) is 15.7. The summed E-state index contributed by atoms with van der Waals surface area (Å²) in [6.07, 6.45) is 1.13. The fourth-order valence-electron chi connectivity index (χ4n) is 0.582. The van der Waals surface area contributed by atoms with Crippen molar-refractivity contribution in [3.63, 3.8) is 0 Å². The summed E-state index contributed by atoms with van der Waals surface area (Å²) in [5, 5.41) is 1.25. The predicted molar refractivity (Wildman–Crippen MR) is 44.3 cm³/mol. The van der Waals surface area contributed by atoms with Gasteiger partial charge in [-0.05, 0) is 13.3 Å². The monoisotopic (exact) mass is 179 g/mol. The molecule has 0 radical (unpaired) electrons. The Morgan fingerprint density at radius 1 is 1.73 bits per heavy atom. The SMILES string of the molecule is CON(C)C(=O)CCC(C)Cl. The zero-order valence-corrected chi connectivity index (χ0v) is 7.89. The van der Waals surface area contributed by atoms with E-state index in [9.17, 15) is 4.79 Å². The van der Waals surface area contributed by atoms with Crippen LogP contribution in [0.25, 0.3) is 0 Å². The first kappa shape index (κ1) is 10.7. The average molecular weight is 180 g/mol. The van der Waals surface area contributed by atoms with Crippen LogP contribution in [0, 0.1) is 0 Å². The van der Waals surface area contributed by atoms with Gasteiger partial charge in [0.05, 0.1) is 7.11 Å². The number of rotatable bonds is 4. The molecule has 0 N–H and O–H groups in total. The van der Waals surface area contributed by atoms with Crippen LogP contribution in [0.2, 0.25) is 0 Å². The molecule has 0 aromatic carbocycles. The molecule has 0 aliphatic carbocycles. The molecular weight excluding hydrogens is 166 g/mol. The minimum atomic E-state index is -0.0417. The number of carbonyl (C=O) groups is 1. The maximum Gasteiger partial charge on any atom is 0.245 e. The molecule has 3 nitrogen and oxygen atoms in total. The molecule has 0 aromatic heterocycles. The maximum absolute atomic E-state index is 11.0. The summed E-state index contributed by atoms with van der Waals surface area (Å²) in [5.41, 5.74) is 0. The van der Waals surface area contributed by atoms with Crippen LogP contribution in [0.1, 0.15) is 19.8 Å². The molecule has 11 heavy (non-hydrogen) atoms. The van der Waals surface area contributed by atoms with Crippen LogP contribution in [-0.4, -0.2) is 30.5 Å². The van der Waals surface area contributed by atoms with Gasteiger partial charge >= 0.3 is 0 Å². The lowest BCUT2D eigenvalue weighted by Crippen LogP contribution is -2.25. The van der Waals surface area contributed by atoms with Gasteiger partial charge in [-0.1, -0.05) is 0 Å². The number of halogens is 1. The third-order valence-corrected chi connectivity index (χ3v) is 1.60. The van der Waals surface area contributed by atoms with Crippen molar-refractivity contribution in [2.75, 3.05) is 14.2 Å². The molecule has 0 heterocycles. The van der Waals surface area contributed by atoms with E-state index in [0.717, 1.165) is 0 Å². The number of alkyl halides is 1. The molecule has 66 valence electrons. The van der Waals surface area contributed by atoms with Gasteiger partial charge in [-0.2, -0.15) is 0 Å². The van der Waals surface area contributed by atoms with Gasteiger partial charge in [-0.15, -0.1) is 11.6 Å². The van der Waals surface area contributed by atoms with Crippen molar-refractivity contribution in [3.05, 3.63) is 0 Å². The quantitative estimate of drug-likeness (QED) is 0.483. The first-order valence-corrected chi connectivity index (χ1v) is 3.96. The first-order valence-electron chi connectivity index (χ1n) is 3.52. The smallest absolute Gasteiger partial charge is 0.245 e. The van der Waals surface area contributed by atoms with E-state index in [2.05, 4.69) is 4.84 Å². The highest BCUT2D eigenvalue weighted by Gasteiger charge is 2.08. The van der Waals surface area contributed by atoms with Gasteiger partial charge in [0.1, 0.15) is 0 Å². The molecule has 1 amide bonds. The van der Waals surface area contributed by atoms with Gasteiger partial charge < -0.3 is 0 Å². The zero-order valence-electron chi connectivity index (χ0n) is 7.13. The largest absolute Gasteiger partial charge is 0.275 e. The van der Waals surface area contributed by atoms with Crippen LogP contribution >= 0.6 is 11.6 Å². The van der Waals surface area contributed by atoms with Gasteiger partial charge in [0.25, 0.3) is 0 Å². The van der Waals surface area contributed by atoms with Crippen LogP contribution < -0.4 is 0 Å². The minimum Gasteiger partial charge on any atom is -0.275 e. The molecular formula is C7H14ClNO2. The number of carbonyl (C=O) groups excluding carboxylic acids is 1. The third-order valence-electron chi connectivity index (χ3n) is 1.38. The first-order chi connectivity index (χ1) is 5.07. The van der Waals surface area contributed by atoms with Crippen molar-refractivity contribution in [1.29, 1.82) is 0 Å². The number of hydroxylamine groups is 2. The van der Waals surface area contributed by atoms with Crippen molar-refractivity contribution in [1.82, 2.24) is 5.06 Å². The van der Waals surface area contributed by atoms with E-state index >= 15 is 0 Å². The van der Waals surface area contributed by atoms with E-state index in [1.54, 1.807) is 7.05 Å². The molecule has 0 saturated carbocycles. The molecule has 0 bridgehead atoms. The second-order valence-corrected chi connectivity index (χ2v) is 3.14. The van der Waals surface area contributed by atoms with Crippen LogP contribution in [-0.2, 0) is 9.63 Å². The lowest BCUT2D eigenvalue weighted by Gasteiger charge is -2.13. The van der Waals surface area contributed by atoms with Gasteiger partial charge in [0.15, 0.2) is 0 Å². The normalized spacial score (nSPS) is 12.7. The molecule has 0 saturated heterocycles. The van der Waals surface area contributed by atoms with Crippen molar-refractivity contribution < 1.29 is 9.63 Å². The Kier molecular flexibility index (Phi) is 5.24. The van der Waals surface area contributed by atoms with Crippen LogP contribution in [0.5, 0.6) is 0 Å². The van der Waals surface area contributed by atoms with Crippen LogP contribution in [0.4, 0.5) is 0 Å². The third kappa shape index (κ3) is 5.04. The lowest BCUT2D eigenvalue weighted by atomic mass is 10.2. The highest BCUT2D eigenvalue weighted by atomic mass is 35.5. The summed E-state index contributed by atoms with van der Waals surface area (Å²) < 4.78 is 0. The van der Waals surface area contributed by atoms with Crippen LogP contribution in [0.15, 0.2) is 0 Å². The molecule has 0 aliphatic rings. The van der Waals surface area contributed by atoms with E-state index < -0.39 is 0 Å². The van der Waals surface area contributed by atoms with E-state index in [-0.39, 0.29) is 11.3 Å². The summed E-state index contributed by atoms with van der Waals surface area (Å²) in [7, 11) is 3.04. The Hall–Kier alpha value is -0.280. The topological polar surface area (TPSA) is 29.5 Å². The van der Waals surface area contributed by atoms with Crippen molar-refractivity contribution in [3.8, 4) is 0 Å². The summed E-state index contributed by atoms with van der Waals surface area (Å²) in [6, 6.07) is 0. The second kappa shape index (κ2) is 5.38. The van der Waals surface area contributed by atoms with Gasteiger partial charge in [-0.25, -0.2) is 5.06 Å². The van der Waals surface area contributed by atoms with Gasteiger partial charge in [0, 0.05) is 18.8 Å². The summed E-state index contributed by atoms with van der Waals surface area (Å²) >= 11 is 5.66. The van der Waals surface area contributed by atoms with Gasteiger partial charge in [0.2, 0.25) is 5.91 Å². The molecule has 1 unspecified atom stereocenters. The number of amides is 1. The summed E-state index contributed by atoms with van der Waals surface area (Å²) in [6.45, 7) is 1.86. The number of hydrogen-bond acceptors (Lipinski definition) is 2. The Morgan fingerprint density at radius 3 is 2.64 bits per heavy atom. The van der Waals surface area contributed by atoms with Crippen molar-refractivity contribution >= 4 is 17.5 Å². The van der Waals surface area contributed by atoms with E-state index in [0.29, 0.717) is 12.8 Å². The summed E-state index contributed by atoms with van der Waals surface area (Å²) in [5.74, 6) is -0.0417. The Bertz CT molecular complexity index is 128. The predicted octanol–water partition coefficient (Wildman–Crippen LogP) is 1.41. The van der Waals surface area contributed by atoms with Crippen molar-refractivity contribution in [2.24, 2.45) is 0 Å². The molecule has 0 aromatic rings. The fraction of sp³-hybridized carbons (Fsp3) is 0.857. The maximum atomic E-state index is 11.0. The van der Waals surface area contributed by atoms with Gasteiger partial charge in [-0.3, -0.25) is 9.63 Å². The molecule has 0 aliphatic heterocycles. The second-order valence-electron chi connectivity index (χ2n) is 2.39. The molecule has 0 rings (SSSR count). The molecule has 0 spiro atoms. The number of nitrogens with zero attached hydrogens (tertiary/aromatic N) is 1. The molecule has 1 atom stereocenters. The Labute approximate surface area is 72.2 Å². The molecule has 4 heteroatoms. The van der Waals surface area contributed by atoms with Crippen LogP contribution in [0.3, 0.4) is 0 Å². The van der Waals surface area contributed by atoms with E-state index in [1.165, 1.54) is 12.2 Å². The van der Waals surface area contributed by atoms with Crippen molar-refractivity contribution in [2.45, 2.75) is 25.1 Å². The molecule has 0 fully saturated rings. The average Bonchev–Trinajstić information content (AvgIpc) is 1.98. The van der Waals surface area contributed by atoms with E-state index in [4.69, 9.17) is 11.6 Å². The Balaban J connectivity index is 3.52. The highest BCUT2D eigenvalue weighted by molar-refractivity contribution is 6.20. The highest BCUT2D eigenvalue weighted by Crippen LogP contribution is 2.05.